The number of amides is 1. The zero-order chi connectivity index (χ0) is 14.0. The molecule has 2 aromatic carbocycles. The lowest BCUT2D eigenvalue weighted by Gasteiger charge is -2.10. The number of nitrogens with two attached hydrogens (primary N) is 2. The van der Waals surface area contributed by atoms with Gasteiger partial charge in [-0.2, -0.15) is 0 Å². The summed E-state index contributed by atoms with van der Waals surface area (Å²) in [5.41, 5.74) is 14.5. The minimum atomic E-state index is -0.245. The predicted octanol–water partition coefficient (Wildman–Crippen LogP) is 3.17. The number of carbonyl (C=O) groups is 1. The van der Waals surface area contributed by atoms with Gasteiger partial charge in [0.1, 0.15) is 0 Å². The molecule has 0 fully saturated rings. The van der Waals surface area contributed by atoms with Gasteiger partial charge in [-0.25, -0.2) is 0 Å². The number of anilines is 3. The molecule has 5 N–H and O–H groups in total. The highest BCUT2D eigenvalue weighted by Gasteiger charge is 2.10. The fraction of sp³-hybridized carbons (Fsp3) is 0.0714. The molecule has 98 valence electrons. The second-order valence-electron chi connectivity index (χ2n) is 4.28. The van der Waals surface area contributed by atoms with E-state index in [1.54, 1.807) is 18.2 Å². The van der Waals surface area contributed by atoms with E-state index in [-0.39, 0.29) is 5.91 Å². The van der Waals surface area contributed by atoms with Gasteiger partial charge in [-0.1, -0.05) is 12.1 Å². The maximum atomic E-state index is 12.1. The first-order valence-electron chi connectivity index (χ1n) is 5.70. The molecule has 0 bridgehead atoms. The zero-order valence-electron chi connectivity index (χ0n) is 10.4. The molecule has 0 aromatic heterocycles. The van der Waals surface area contributed by atoms with Crippen LogP contribution in [0.15, 0.2) is 40.9 Å². The van der Waals surface area contributed by atoms with Crippen LogP contribution in [-0.2, 0) is 0 Å². The highest BCUT2D eigenvalue weighted by atomic mass is 79.9. The number of benzene rings is 2. The Kier molecular flexibility index (Phi) is 3.76. The molecule has 19 heavy (non-hydrogen) atoms. The molecule has 0 heterocycles. The van der Waals surface area contributed by atoms with Gasteiger partial charge < -0.3 is 16.8 Å². The number of carbonyl (C=O) groups excluding carboxylic acids is 1. The molecule has 0 unspecified atom stereocenters. The van der Waals surface area contributed by atoms with Gasteiger partial charge in [-0.3, -0.25) is 4.79 Å². The normalized spacial score (nSPS) is 10.2. The van der Waals surface area contributed by atoms with Crippen molar-refractivity contribution in [3.05, 3.63) is 52.0 Å². The van der Waals surface area contributed by atoms with Gasteiger partial charge in [0.15, 0.2) is 0 Å². The van der Waals surface area contributed by atoms with E-state index >= 15 is 0 Å². The number of rotatable bonds is 2. The van der Waals surface area contributed by atoms with Gasteiger partial charge in [0, 0.05) is 21.4 Å². The lowest BCUT2D eigenvalue weighted by Crippen LogP contribution is -2.13. The topological polar surface area (TPSA) is 81.1 Å². The standard InChI is InChI=1S/C14H14BrN3O/c1-8-3-2-4-12(13(8)15)18-14(19)9-5-10(16)7-11(17)6-9/h2-7H,16-17H2,1H3,(H,18,19). The van der Waals surface area contributed by atoms with Crippen molar-refractivity contribution in [3.63, 3.8) is 0 Å². The van der Waals surface area contributed by atoms with Crippen LogP contribution in [-0.4, -0.2) is 5.91 Å². The van der Waals surface area contributed by atoms with E-state index in [0.717, 1.165) is 10.0 Å². The number of nitrogen functional groups attached to an aromatic ring is 2. The first kappa shape index (κ1) is 13.4. The molecule has 0 saturated heterocycles. The first-order valence-corrected chi connectivity index (χ1v) is 6.49. The SMILES string of the molecule is Cc1cccc(NC(=O)c2cc(N)cc(N)c2)c1Br. The summed E-state index contributed by atoms with van der Waals surface area (Å²) in [6.07, 6.45) is 0. The summed E-state index contributed by atoms with van der Waals surface area (Å²) in [5, 5.41) is 2.82. The molecule has 0 saturated carbocycles. The van der Waals surface area contributed by atoms with Gasteiger partial charge in [0.05, 0.1) is 5.69 Å². The summed E-state index contributed by atoms with van der Waals surface area (Å²) in [7, 11) is 0. The molecular formula is C14H14BrN3O. The van der Waals surface area contributed by atoms with Gasteiger partial charge >= 0.3 is 0 Å². The van der Waals surface area contributed by atoms with Crippen molar-refractivity contribution >= 4 is 38.9 Å². The van der Waals surface area contributed by atoms with Crippen molar-refractivity contribution in [1.82, 2.24) is 0 Å². The maximum Gasteiger partial charge on any atom is 0.255 e. The van der Waals surface area contributed by atoms with Crippen LogP contribution in [0.4, 0.5) is 17.1 Å². The lowest BCUT2D eigenvalue weighted by atomic mass is 10.1. The largest absolute Gasteiger partial charge is 0.399 e. The molecule has 5 heteroatoms. The third kappa shape index (κ3) is 3.06. The maximum absolute atomic E-state index is 12.1. The van der Waals surface area contributed by atoms with Crippen LogP contribution < -0.4 is 16.8 Å². The number of halogens is 1. The fourth-order valence-corrected chi connectivity index (χ4v) is 2.11. The Morgan fingerprint density at radius 2 is 1.79 bits per heavy atom. The van der Waals surface area contributed by atoms with Crippen LogP contribution in [0, 0.1) is 6.92 Å². The lowest BCUT2D eigenvalue weighted by molar-refractivity contribution is 0.102. The Balaban J connectivity index is 2.28. The van der Waals surface area contributed by atoms with E-state index < -0.39 is 0 Å². The second kappa shape index (κ2) is 5.32. The molecule has 2 aromatic rings. The van der Waals surface area contributed by atoms with Crippen molar-refractivity contribution in [2.45, 2.75) is 6.92 Å². The summed E-state index contributed by atoms with van der Waals surface area (Å²) in [5.74, 6) is -0.245. The number of aryl methyl sites for hydroxylation is 1. The molecule has 0 radical (unpaired) electrons. The molecule has 0 aliphatic rings. The Morgan fingerprint density at radius 1 is 1.16 bits per heavy atom. The number of hydrogen-bond donors (Lipinski definition) is 3. The number of hydrogen-bond acceptors (Lipinski definition) is 3. The molecule has 4 nitrogen and oxygen atoms in total. The van der Waals surface area contributed by atoms with E-state index in [0.29, 0.717) is 22.6 Å². The minimum absolute atomic E-state index is 0.245. The highest BCUT2D eigenvalue weighted by molar-refractivity contribution is 9.10. The molecule has 0 spiro atoms. The average Bonchev–Trinajstić information content (AvgIpc) is 2.33. The van der Waals surface area contributed by atoms with Crippen molar-refractivity contribution in [2.24, 2.45) is 0 Å². The highest BCUT2D eigenvalue weighted by Crippen LogP contribution is 2.26. The van der Waals surface area contributed by atoms with Crippen LogP contribution in [0.1, 0.15) is 15.9 Å². The summed E-state index contributed by atoms with van der Waals surface area (Å²) >= 11 is 3.45. The summed E-state index contributed by atoms with van der Waals surface area (Å²) < 4.78 is 0.861. The van der Waals surface area contributed by atoms with E-state index in [1.165, 1.54) is 0 Å². The first-order chi connectivity index (χ1) is 8.97. The Bertz CT molecular complexity index is 620. The zero-order valence-corrected chi connectivity index (χ0v) is 12.0. The molecule has 0 aliphatic heterocycles. The summed E-state index contributed by atoms with van der Waals surface area (Å²) in [4.78, 5) is 12.1. The quantitative estimate of drug-likeness (QED) is 0.743. The molecule has 1 amide bonds. The van der Waals surface area contributed by atoms with E-state index in [4.69, 9.17) is 11.5 Å². The molecule has 0 atom stereocenters. The number of nitrogens with one attached hydrogen (secondary N) is 1. The van der Waals surface area contributed by atoms with Crippen LogP contribution in [0.2, 0.25) is 0 Å². The molecule has 2 rings (SSSR count). The summed E-state index contributed by atoms with van der Waals surface area (Å²) in [6.45, 7) is 1.96. The second-order valence-corrected chi connectivity index (χ2v) is 5.07. The van der Waals surface area contributed by atoms with Gasteiger partial charge in [-0.15, -0.1) is 0 Å². The molecule has 0 aliphatic carbocycles. The Hall–Kier alpha value is -2.01. The average molecular weight is 320 g/mol. The van der Waals surface area contributed by atoms with E-state index in [2.05, 4.69) is 21.2 Å². The van der Waals surface area contributed by atoms with Crippen molar-refractivity contribution < 1.29 is 4.79 Å². The van der Waals surface area contributed by atoms with Gasteiger partial charge in [-0.05, 0) is 52.7 Å². The van der Waals surface area contributed by atoms with Crippen LogP contribution in [0.3, 0.4) is 0 Å². The van der Waals surface area contributed by atoms with Crippen molar-refractivity contribution in [1.29, 1.82) is 0 Å². The van der Waals surface area contributed by atoms with Crippen LogP contribution in [0.25, 0.3) is 0 Å². The van der Waals surface area contributed by atoms with Crippen molar-refractivity contribution in [2.75, 3.05) is 16.8 Å². The fourth-order valence-electron chi connectivity index (χ4n) is 1.75. The third-order valence-corrected chi connectivity index (χ3v) is 3.73. The van der Waals surface area contributed by atoms with Crippen LogP contribution >= 0.6 is 15.9 Å². The third-order valence-electron chi connectivity index (χ3n) is 2.68. The summed E-state index contributed by atoms with van der Waals surface area (Å²) in [6, 6.07) is 10.5. The minimum Gasteiger partial charge on any atom is -0.399 e. The van der Waals surface area contributed by atoms with E-state index in [1.807, 2.05) is 25.1 Å². The van der Waals surface area contributed by atoms with Crippen LogP contribution in [0.5, 0.6) is 0 Å². The Labute approximate surface area is 119 Å². The van der Waals surface area contributed by atoms with Gasteiger partial charge in [0.25, 0.3) is 5.91 Å². The smallest absolute Gasteiger partial charge is 0.255 e. The Morgan fingerprint density at radius 3 is 2.42 bits per heavy atom. The molecular weight excluding hydrogens is 306 g/mol. The van der Waals surface area contributed by atoms with Crippen molar-refractivity contribution in [3.8, 4) is 0 Å². The van der Waals surface area contributed by atoms with E-state index in [9.17, 15) is 4.79 Å². The predicted molar refractivity (Wildman–Crippen MR) is 82.1 cm³/mol. The van der Waals surface area contributed by atoms with Gasteiger partial charge in [0.2, 0.25) is 0 Å². The monoisotopic (exact) mass is 319 g/mol.